The summed E-state index contributed by atoms with van der Waals surface area (Å²) >= 11 is 0. The maximum absolute atomic E-state index is 7.58. The van der Waals surface area contributed by atoms with E-state index in [9.17, 15) is 0 Å². The van der Waals surface area contributed by atoms with Gasteiger partial charge in [0.2, 0.25) is 5.95 Å². The Kier molecular flexibility index (Phi) is 2.53. The molecule has 0 aliphatic carbocycles. The molecule has 1 aliphatic rings. The number of nitrogens with two attached hydrogens (primary N) is 1. The molecular formula is C9H17N7. The summed E-state index contributed by atoms with van der Waals surface area (Å²) in [5.74, 6) is 1.06. The van der Waals surface area contributed by atoms with Crippen molar-refractivity contribution in [2.75, 3.05) is 18.0 Å². The predicted octanol–water partition coefficient (Wildman–Crippen LogP) is -0.247. The number of hydrogen-bond acceptors (Lipinski definition) is 5. The smallest absolute Gasteiger partial charge is 0.245 e. The number of nitrogens with one attached hydrogen (secondary N) is 1. The lowest BCUT2D eigenvalue weighted by atomic mass is 9.79. The van der Waals surface area contributed by atoms with E-state index in [0.29, 0.717) is 0 Å². The molecular weight excluding hydrogens is 206 g/mol. The standard InChI is InChI=1S/C9H17N7/c1-9(7(10)11)3-5-16(6-4-9)8-12-13-14-15(8)2/h3-6H2,1-2H3,(H3,10,11). The zero-order chi connectivity index (χ0) is 11.8. The minimum Gasteiger partial charge on any atom is -0.387 e. The van der Waals surface area contributed by atoms with Crippen LogP contribution >= 0.6 is 0 Å². The van der Waals surface area contributed by atoms with Crippen molar-refractivity contribution in [1.82, 2.24) is 20.2 Å². The zero-order valence-electron chi connectivity index (χ0n) is 9.64. The van der Waals surface area contributed by atoms with Gasteiger partial charge in [-0.25, -0.2) is 4.68 Å². The Morgan fingerprint density at radius 1 is 1.44 bits per heavy atom. The number of tetrazole rings is 1. The van der Waals surface area contributed by atoms with Crippen molar-refractivity contribution < 1.29 is 0 Å². The molecule has 1 aliphatic heterocycles. The largest absolute Gasteiger partial charge is 0.387 e. The molecule has 0 bridgehead atoms. The fourth-order valence-electron chi connectivity index (χ4n) is 1.96. The molecule has 1 aromatic rings. The van der Waals surface area contributed by atoms with Gasteiger partial charge in [-0.3, -0.25) is 5.41 Å². The Bertz CT molecular complexity index is 388. The molecule has 0 unspecified atom stereocenters. The van der Waals surface area contributed by atoms with Gasteiger partial charge in [0.15, 0.2) is 0 Å². The van der Waals surface area contributed by atoms with Gasteiger partial charge in [-0.2, -0.15) is 0 Å². The van der Waals surface area contributed by atoms with Gasteiger partial charge >= 0.3 is 0 Å². The Morgan fingerprint density at radius 3 is 2.50 bits per heavy atom. The van der Waals surface area contributed by atoms with E-state index in [0.717, 1.165) is 31.9 Å². The molecule has 7 heteroatoms. The molecule has 1 fully saturated rings. The molecule has 0 amide bonds. The van der Waals surface area contributed by atoms with E-state index in [1.54, 1.807) is 4.68 Å². The van der Waals surface area contributed by atoms with Crippen LogP contribution < -0.4 is 10.6 Å². The van der Waals surface area contributed by atoms with E-state index in [2.05, 4.69) is 20.4 Å². The van der Waals surface area contributed by atoms with Crippen LogP contribution in [0.3, 0.4) is 0 Å². The Balaban J connectivity index is 2.06. The highest BCUT2D eigenvalue weighted by atomic mass is 15.6. The first-order valence-corrected chi connectivity index (χ1v) is 5.35. The van der Waals surface area contributed by atoms with Gasteiger partial charge in [0.05, 0.1) is 5.84 Å². The molecule has 0 atom stereocenters. The first-order chi connectivity index (χ1) is 7.53. The number of aryl methyl sites for hydroxylation is 1. The van der Waals surface area contributed by atoms with Crippen molar-refractivity contribution in [3.63, 3.8) is 0 Å². The quantitative estimate of drug-likeness (QED) is 0.532. The lowest BCUT2D eigenvalue weighted by Gasteiger charge is -2.38. The number of piperidine rings is 1. The molecule has 0 spiro atoms. The second-order valence-electron chi connectivity index (χ2n) is 4.56. The van der Waals surface area contributed by atoms with Gasteiger partial charge in [0.25, 0.3) is 0 Å². The molecule has 7 nitrogen and oxygen atoms in total. The molecule has 3 N–H and O–H groups in total. The maximum atomic E-state index is 7.58. The van der Waals surface area contributed by atoms with Crippen molar-refractivity contribution in [2.24, 2.45) is 18.2 Å². The minimum absolute atomic E-state index is 0.164. The van der Waals surface area contributed by atoms with Crippen molar-refractivity contribution >= 4 is 11.8 Å². The van der Waals surface area contributed by atoms with E-state index in [1.807, 2.05) is 14.0 Å². The highest BCUT2D eigenvalue weighted by Crippen LogP contribution is 2.31. The predicted molar refractivity (Wildman–Crippen MR) is 60.3 cm³/mol. The summed E-state index contributed by atoms with van der Waals surface area (Å²) in [5, 5.41) is 19.0. The lowest BCUT2D eigenvalue weighted by molar-refractivity contribution is 0.347. The third-order valence-corrected chi connectivity index (χ3v) is 3.40. The van der Waals surface area contributed by atoms with Gasteiger partial charge in [-0.05, 0) is 23.3 Å². The fraction of sp³-hybridized carbons (Fsp3) is 0.778. The monoisotopic (exact) mass is 223 g/mol. The SMILES string of the molecule is Cn1nnnc1N1CCC(C)(C(=N)N)CC1. The number of rotatable bonds is 2. The van der Waals surface area contributed by atoms with Crippen molar-refractivity contribution in [2.45, 2.75) is 19.8 Å². The second-order valence-corrected chi connectivity index (χ2v) is 4.56. The molecule has 1 saturated heterocycles. The maximum Gasteiger partial charge on any atom is 0.245 e. The topological polar surface area (TPSA) is 96.7 Å². The lowest BCUT2D eigenvalue weighted by Crippen LogP contribution is -2.45. The average molecular weight is 223 g/mol. The van der Waals surface area contributed by atoms with Crippen LogP contribution in [0.4, 0.5) is 5.95 Å². The molecule has 0 saturated carbocycles. The summed E-state index contributed by atoms with van der Waals surface area (Å²) in [4.78, 5) is 2.13. The highest BCUT2D eigenvalue weighted by molar-refractivity contribution is 5.83. The summed E-state index contributed by atoms with van der Waals surface area (Å²) in [7, 11) is 1.83. The first-order valence-electron chi connectivity index (χ1n) is 5.35. The van der Waals surface area contributed by atoms with Gasteiger partial charge in [-0.1, -0.05) is 12.0 Å². The Labute approximate surface area is 94.1 Å². The summed E-state index contributed by atoms with van der Waals surface area (Å²) in [6.07, 6.45) is 1.74. The summed E-state index contributed by atoms with van der Waals surface area (Å²) in [5.41, 5.74) is 5.45. The minimum atomic E-state index is -0.164. The normalized spacial score (nSPS) is 19.8. The molecule has 88 valence electrons. The van der Waals surface area contributed by atoms with Crippen LogP contribution in [-0.2, 0) is 7.05 Å². The summed E-state index contributed by atoms with van der Waals surface area (Å²) < 4.78 is 1.66. The third kappa shape index (κ3) is 1.72. The van der Waals surface area contributed by atoms with Crippen LogP contribution in [0.1, 0.15) is 19.8 Å². The van der Waals surface area contributed by atoms with E-state index < -0.39 is 0 Å². The van der Waals surface area contributed by atoms with Gasteiger partial charge in [0, 0.05) is 25.6 Å². The van der Waals surface area contributed by atoms with Crippen LogP contribution in [0.25, 0.3) is 0 Å². The number of amidine groups is 1. The van der Waals surface area contributed by atoms with E-state index in [1.165, 1.54) is 0 Å². The fourth-order valence-corrected chi connectivity index (χ4v) is 1.96. The molecule has 16 heavy (non-hydrogen) atoms. The molecule has 2 rings (SSSR count). The number of hydrogen-bond donors (Lipinski definition) is 2. The van der Waals surface area contributed by atoms with Crippen LogP contribution in [0.2, 0.25) is 0 Å². The molecule has 0 aromatic carbocycles. The van der Waals surface area contributed by atoms with Crippen molar-refractivity contribution in [1.29, 1.82) is 5.41 Å². The summed E-state index contributed by atoms with van der Waals surface area (Å²) in [6.45, 7) is 3.72. The second kappa shape index (κ2) is 3.73. The van der Waals surface area contributed by atoms with E-state index >= 15 is 0 Å². The number of nitrogens with zero attached hydrogens (tertiary/aromatic N) is 5. The van der Waals surface area contributed by atoms with Crippen molar-refractivity contribution in [3.05, 3.63) is 0 Å². The Morgan fingerprint density at radius 2 is 2.06 bits per heavy atom. The van der Waals surface area contributed by atoms with Crippen LogP contribution in [0.15, 0.2) is 0 Å². The van der Waals surface area contributed by atoms with Gasteiger partial charge in [0.1, 0.15) is 0 Å². The van der Waals surface area contributed by atoms with E-state index in [4.69, 9.17) is 11.1 Å². The molecule has 0 radical (unpaired) electrons. The van der Waals surface area contributed by atoms with Crippen LogP contribution in [-0.4, -0.2) is 39.1 Å². The average Bonchev–Trinajstić information content (AvgIpc) is 2.66. The third-order valence-electron chi connectivity index (χ3n) is 3.40. The van der Waals surface area contributed by atoms with E-state index in [-0.39, 0.29) is 11.3 Å². The Hall–Kier alpha value is -1.66. The molecule has 1 aromatic heterocycles. The summed E-state index contributed by atoms with van der Waals surface area (Å²) in [6, 6.07) is 0. The number of aromatic nitrogens is 4. The number of anilines is 1. The van der Waals surface area contributed by atoms with Crippen molar-refractivity contribution in [3.8, 4) is 0 Å². The van der Waals surface area contributed by atoms with Crippen LogP contribution in [0.5, 0.6) is 0 Å². The van der Waals surface area contributed by atoms with Crippen LogP contribution in [0, 0.1) is 10.8 Å². The highest BCUT2D eigenvalue weighted by Gasteiger charge is 2.34. The first kappa shape index (κ1) is 10.8. The van der Waals surface area contributed by atoms with Gasteiger partial charge < -0.3 is 10.6 Å². The van der Waals surface area contributed by atoms with Gasteiger partial charge in [-0.15, -0.1) is 0 Å². The molecule has 2 heterocycles. The zero-order valence-corrected chi connectivity index (χ0v) is 9.64.